The lowest BCUT2D eigenvalue weighted by Crippen LogP contribution is -2.15. The second-order valence-electron chi connectivity index (χ2n) is 4.73. The van der Waals surface area contributed by atoms with Gasteiger partial charge >= 0.3 is 5.97 Å². The maximum atomic E-state index is 11.1. The van der Waals surface area contributed by atoms with E-state index in [2.05, 4.69) is 12.2 Å². The maximum Gasteiger partial charge on any atom is 0.337 e. The molecule has 0 amide bonds. The number of anilines is 2. The SMILES string of the molecule is CCC(CCO)CNc1cc(C)c(N)c(C(=O)O)c1. The Balaban J connectivity index is 2.82. The van der Waals surface area contributed by atoms with E-state index in [9.17, 15) is 4.79 Å². The zero-order valence-corrected chi connectivity index (χ0v) is 11.4. The van der Waals surface area contributed by atoms with Crippen molar-refractivity contribution in [2.75, 3.05) is 24.2 Å². The smallest absolute Gasteiger partial charge is 0.337 e. The molecule has 1 atom stereocenters. The largest absolute Gasteiger partial charge is 0.478 e. The van der Waals surface area contributed by atoms with E-state index in [1.54, 1.807) is 13.0 Å². The third-order valence-corrected chi connectivity index (χ3v) is 3.33. The highest BCUT2D eigenvalue weighted by Crippen LogP contribution is 2.23. The van der Waals surface area contributed by atoms with Gasteiger partial charge in [0.05, 0.1) is 5.56 Å². The Morgan fingerprint density at radius 1 is 1.47 bits per heavy atom. The van der Waals surface area contributed by atoms with E-state index < -0.39 is 5.97 Å². The van der Waals surface area contributed by atoms with Gasteiger partial charge in [0, 0.05) is 24.5 Å². The number of aliphatic hydroxyl groups excluding tert-OH is 1. The topological polar surface area (TPSA) is 95.6 Å². The molecule has 106 valence electrons. The molecule has 0 saturated carbocycles. The number of nitrogens with one attached hydrogen (secondary N) is 1. The van der Waals surface area contributed by atoms with E-state index in [0.717, 1.165) is 24.1 Å². The van der Waals surface area contributed by atoms with Crippen molar-refractivity contribution in [3.63, 3.8) is 0 Å². The fourth-order valence-electron chi connectivity index (χ4n) is 1.97. The van der Waals surface area contributed by atoms with Gasteiger partial charge in [-0.25, -0.2) is 4.79 Å². The third-order valence-electron chi connectivity index (χ3n) is 3.33. The summed E-state index contributed by atoms with van der Waals surface area (Å²) in [6.45, 7) is 4.73. The minimum atomic E-state index is -1.02. The van der Waals surface area contributed by atoms with Crippen molar-refractivity contribution in [1.82, 2.24) is 0 Å². The first-order valence-corrected chi connectivity index (χ1v) is 6.47. The van der Waals surface area contributed by atoms with Crippen molar-refractivity contribution in [1.29, 1.82) is 0 Å². The summed E-state index contributed by atoms with van der Waals surface area (Å²) in [5.74, 6) is -0.650. The van der Waals surface area contributed by atoms with Gasteiger partial charge in [0.15, 0.2) is 0 Å². The van der Waals surface area contributed by atoms with Crippen molar-refractivity contribution in [3.8, 4) is 0 Å². The van der Waals surface area contributed by atoms with Gasteiger partial charge in [-0.05, 0) is 37.0 Å². The molecule has 5 N–H and O–H groups in total. The Kier molecular flexibility index (Phi) is 5.63. The Morgan fingerprint density at radius 2 is 2.16 bits per heavy atom. The van der Waals surface area contributed by atoms with Gasteiger partial charge in [0.2, 0.25) is 0 Å². The number of hydrogen-bond donors (Lipinski definition) is 4. The molecule has 5 nitrogen and oxygen atoms in total. The molecule has 5 heteroatoms. The number of rotatable bonds is 7. The Bertz CT molecular complexity index is 447. The number of aryl methyl sites for hydroxylation is 1. The molecule has 0 spiro atoms. The van der Waals surface area contributed by atoms with Gasteiger partial charge in [-0.3, -0.25) is 0 Å². The fraction of sp³-hybridized carbons (Fsp3) is 0.500. The third kappa shape index (κ3) is 4.13. The predicted octanol–water partition coefficient (Wildman–Crippen LogP) is 2.10. The van der Waals surface area contributed by atoms with Crippen LogP contribution in [-0.2, 0) is 0 Å². The summed E-state index contributed by atoms with van der Waals surface area (Å²) in [7, 11) is 0. The summed E-state index contributed by atoms with van der Waals surface area (Å²) in [4.78, 5) is 11.1. The number of carboxylic acids is 1. The zero-order chi connectivity index (χ0) is 14.4. The summed E-state index contributed by atoms with van der Waals surface area (Å²) in [5.41, 5.74) is 7.67. The summed E-state index contributed by atoms with van der Waals surface area (Å²) in [6, 6.07) is 3.39. The van der Waals surface area contributed by atoms with Gasteiger partial charge < -0.3 is 21.3 Å². The molecular weight excluding hydrogens is 244 g/mol. The van der Waals surface area contributed by atoms with Gasteiger partial charge in [-0.2, -0.15) is 0 Å². The first-order chi connectivity index (χ1) is 8.99. The van der Waals surface area contributed by atoms with E-state index in [0.29, 0.717) is 18.2 Å². The van der Waals surface area contributed by atoms with Crippen LogP contribution in [0.3, 0.4) is 0 Å². The van der Waals surface area contributed by atoms with Gasteiger partial charge in [-0.1, -0.05) is 13.3 Å². The van der Waals surface area contributed by atoms with Crippen molar-refractivity contribution in [2.24, 2.45) is 5.92 Å². The first-order valence-electron chi connectivity index (χ1n) is 6.47. The van der Waals surface area contributed by atoms with Crippen molar-refractivity contribution in [2.45, 2.75) is 26.7 Å². The second-order valence-corrected chi connectivity index (χ2v) is 4.73. The Morgan fingerprint density at radius 3 is 2.68 bits per heavy atom. The first kappa shape index (κ1) is 15.3. The number of nitrogens with two attached hydrogens (primary N) is 1. The maximum absolute atomic E-state index is 11.1. The molecule has 0 aliphatic carbocycles. The summed E-state index contributed by atoms with van der Waals surface area (Å²) in [6.07, 6.45) is 1.70. The van der Waals surface area contributed by atoms with Crippen LogP contribution >= 0.6 is 0 Å². The standard InChI is InChI=1S/C14H22N2O3/c1-3-10(4-5-17)8-16-11-6-9(2)13(15)12(7-11)14(18)19/h6-7,10,16-17H,3-5,8,15H2,1-2H3,(H,18,19). The molecule has 19 heavy (non-hydrogen) atoms. The molecular formula is C14H22N2O3. The summed E-state index contributed by atoms with van der Waals surface area (Å²) < 4.78 is 0. The van der Waals surface area contributed by atoms with E-state index in [1.807, 2.05) is 6.07 Å². The lowest BCUT2D eigenvalue weighted by molar-refractivity contribution is 0.0698. The number of carboxylic acid groups (broad SMARTS) is 1. The molecule has 0 bridgehead atoms. The predicted molar refractivity (Wildman–Crippen MR) is 76.5 cm³/mol. The van der Waals surface area contributed by atoms with Crippen LogP contribution in [0, 0.1) is 12.8 Å². The van der Waals surface area contributed by atoms with Gasteiger partial charge in [-0.15, -0.1) is 0 Å². The number of benzene rings is 1. The number of aromatic carboxylic acids is 1. The number of hydrogen-bond acceptors (Lipinski definition) is 4. The van der Waals surface area contributed by atoms with Crippen LogP contribution in [0.4, 0.5) is 11.4 Å². The molecule has 0 fully saturated rings. The van der Waals surface area contributed by atoms with E-state index in [-0.39, 0.29) is 12.2 Å². The normalized spacial score (nSPS) is 12.2. The lowest BCUT2D eigenvalue weighted by Gasteiger charge is -2.16. The fourth-order valence-corrected chi connectivity index (χ4v) is 1.97. The molecule has 1 unspecified atom stereocenters. The minimum absolute atomic E-state index is 0.123. The molecule has 0 radical (unpaired) electrons. The van der Waals surface area contributed by atoms with Crippen molar-refractivity contribution in [3.05, 3.63) is 23.3 Å². The molecule has 0 aliphatic rings. The van der Waals surface area contributed by atoms with E-state index in [4.69, 9.17) is 15.9 Å². The van der Waals surface area contributed by atoms with Crippen molar-refractivity contribution < 1.29 is 15.0 Å². The van der Waals surface area contributed by atoms with Crippen LogP contribution in [0.25, 0.3) is 0 Å². The number of carbonyl (C=O) groups is 1. The van der Waals surface area contributed by atoms with Gasteiger partial charge in [0.1, 0.15) is 0 Å². The molecule has 0 heterocycles. The van der Waals surface area contributed by atoms with Crippen LogP contribution in [0.15, 0.2) is 12.1 Å². The Labute approximate surface area is 113 Å². The zero-order valence-electron chi connectivity index (χ0n) is 11.4. The molecule has 0 saturated heterocycles. The minimum Gasteiger partial charge on any atom is -0.478 e. The van der Waals surface area contributed by atoms with Crippen LogP contribution in [0.1, 0.15) is 35.7 Å². The highest BCUT2D eigenvalue weighted by molar-refractivity contribution is 5.95. The Hall–Kier alpha value is -1.75. The lowest BCUT2D eigenvalue weighted by atomic mass is 10.0. The monoisotopic (exact) mass is 266 g/mol. The van der Waals surface area contributed by atoms with Gasteiger partial charge in [0.25, 0.3) is 0 Å². The summed E-state index contributed by atoms with van der Waals surface area (Å²) >= 11 is 0. The number of aliphatic hydroxyl groups is 1. The van der Waals surface area contributed by atoms with Crippen LogP contribution in [0.2, 0.25) is 0 Å². The van der Waals surface area contributed by atoms with E-state index in [1.165, 1.54) is 0 Å². The van der Waals surface area contributed by atoms with Crippen molar-refractivity contribution >= 4 is 17.3 Å². The average molecular weight is 266 g/mol. The van der Waals surface area contributed by atoms with Crippen LogP contribution < -0.4 is 11.1 Å². The molecule has 1 aromatic carbocycles. The highest BCUT2D eigenvalue weighted by Gasteiger charge is 2.12. The molecule has 1 aromatic rings. The second kappa shape index (κ2) is 6.99. The van der Waals surface area contributed by atoms with Crippen LogP contribution in [0.5, 0.6) is 0 Å². The summed E-state index contributed by atoms with van der Waals surface area (Å²) in [5, 5.41) is 21.2. The van der Waals surface area contributed by atoms with E-state index >= 15 is 0 Å². The highest BCUT2D eigenvalue weighted by atomic mass is 16.4. The quantitative estimate of drug-likeness (QED) is 0.567. The molecule has 0 aliphatic heterocycles. The average Bonchev–Trinajstić information content (AvgIpc) is 2.37. The number of nitrogen functional groups attached to an aromatic ring is 1. The molecule has 0 aromatic heterocycles. The van der Waals surface area contributed by atoms with Crippen LogP contribution in [-0.4, -0.2) is 29.3 Å². The molecule has 1 rings (SSSR count).